The predicted molar refractivity (Wildman–Crippen MR) is 108 cm³/mol. The fraction of sp³-hybridized carbons (Fsp3) is 0.722. The number of ether oxygens (including phenoxy) is 1. The highest BCUT2D eigenvalue weighted by molar-refractivity contribution is 7.99. The van der Waals surface area contributed by atoms with Gasteiger partial charge < -0.3 is 20.1 Å². The minimum atomic E-state index is -4.33. The molecule has 2 aliphatic carbocycles. The first-order valence-electron chi connectivity index (χ1n) is 9.64. The van der Waals surface area contributed by atoms with E-state index in [-0.39, 0.29) is 40.2 Å². The van der Waals surface area contributed by atoms with E-state index in [9.17, 15) is 22.6 Å². The second-order valence-corrected chi connectivity index (χ2v) is 11.3. The highest BCUT2D eigenvalue weighted by atomic mass is 32.2. The van der Waals surface area contributed by atoms with Gasteiger partial charge >= 0.3 is 5.69 Å². The van der Waals surface area contributed by atoms with Gasteiger partial charge in [-0.3, -0.25) is 4.79 Å². The molecule has 0 spiro atoms. The fourth-order valence-electron chi connectivity index (χ4n) is 4.78. The van der Waals surface area contributed by atoms with Crippen LogP contribution in [0.1, 0.15) is 38.5 Å². The number of nitrogen functional groups attached to an aromatic ring is 1. The lowest BCUT2D eigenvalue weighted by atomic mass is 9.70. The Morgan fingerprint density at radius 3 is 2.60 bits per heavy atom. The Bertz CT molecular complexity index is 978. The van der Waals surface area contributed by atoms with E-state index in [0.29, 0.717) is 25.3 Å². The monoisotopic (exact) mass is 461 g/mol. The summed E-state index contributed by atoms with van der Waals surface area (Å²) in [5.74, 6) is 0.0521. The quantitative estimate of drug-likeness (QED) is 0.405. The maximum Gasteiger partial charge on any atom is 0.498 e. The third kappa shape index (κ3) is 4.28. The van der Waals surface area contributed by atoms with Crippen molar-refractivity contribution in [2.75, 3.05) is 24.7 Å². The van der Waals surface area contributed by atoms with Crippen LogP contribution in [0.15, 0.2) is 17.1 Å². The molecule has 10 nitrogen and oxygen atoms in total. The van der Waals surface area contributed by atoms with Crippen molar-refractivity contribution in [3.05, 3.63) is 22.7 Å². The zero-order valence-electron chi connectivity index (χ0n) is 16.9. The van der Waals surface area contributed by atoms with Gasteiger partial charge in [0.25, 0.3) is 0 Å². The van der Waals surface area contributed by atoms with Crippen LogP contribution in [0.5, 0.6) is 0 Å². The van der Waals surface area contributed by atoms with Gasteiger partial charge in [-0.15, -0.1) is 0 Å². The third-order valence-electron chi connectivity index (χ3n) is 6.66. The molecular formula is C18H27N3O7S2. The summed E-state index contributed by atoms with van der Waals surface area (Å²) in [5.41, 5.74) is 3.69. The largest absolute Gasteiger partial charge is 0.748 e. The van der Waals surface area contributed by atoms with E-state index in [1.165, 1.54) is 16.3 Å². The van der Waals surface area contributed by atoms with Crippen molar-refractivity contribution in [1.82, 2.24) is 4.98 Å². The number of hydrogen-bond donors (Lipinski definition) is 3. The first-order valence-corrected chi connectivity index (χ1v) is 12.2. The van der Waals surface area contributed by atoms with E-state index in [4.69, 9.17) is 15.6 Å². The third-order valence-corrected chi connectivity index (χ3v) is 8.77. The zero-order valence-corrected chi connectivity index (χ0v) is 18.5. The Labute approximate surface area is 179 Å². The average Bonchev–Trinajstić information content (AvgIpc) is 3.24. The number of aromatic amines is 1. The first kappa shape index (κ1) is 23.2. The van der Waals surface area contributed by atoms with Crippen LogP contribution in [-0.4, -0.2) is 53.2 Å². The summed E-state index contributed by atoms with van der Waals surface area (Å²) in [6, 6.07) is 1.62. The maximum absolute atomic E-state index is 11.8. The van der Waals surface area contributed by atoms with Gasteiger partial charge in [0.15, 0.2) is 11.2 Å². The number of rotatable bonds is 4. The number of nitrogens with two attached hydrogens (primary N) is 1. The Morgan fingerprint density at radius 2 is 2.13 bits per heavy atom. The van der Waals surface area contributed by atoms with Gasteiger partial charge in [0.2, 0.25) is 0 Å². The molecule has 1 aromatic heterocycles. The van der Waals surface area contributed by atoms with Crippen LogP contribution in [0.25, 0.3) is 0 Å². The number of hydrogen-bond acceptors (Lipinski definition) is 9. The van der Waals surface area contributed by atoms with Crippen molar-refractivity contribution in [1.29, 1.82) is 0 Å². The number of aliphatic hydroxyl groups is 1. The summed E-state index contributed by atoms with van der Waals surface area (Å²) in [5, 5.41) is 8.78. The van der Waals surface area contributed by atoms with Crippen LogP contribution in [0.3, 0.4) is 0 Å². The number of Topliss-reactive ketones (excluding diaryl/α,β-unsaturated/α-hetero) is 1. The summed E-state index contributed by atoms with van der Waals surface area (Å²) in [6.45, 7) is 4.20. The number of aliphatic hydroxyl groups excluding tert-OH is 1. The Hall–Kier alpha value is -1.47. The van der Waals surface area contributed by atoms with Crippen molar-refractivity contribution < 1.29 is 32.2 Å². The number of ketones is 1. The number of aromatic nitrogens is 2. The number of carbonyl (C=O) groups is 1. The Morgan fingerprint density at radius 1 is 1.43 bits per heavy atom. The molecule has 0 aromatic carbocycles. The molecule has 1 aliphatic heterocycles. The van der Waals surface area contributed by atoms with Crippen LogP contribution in [0.2, 0.25) is 0 Å². The van der Waals surface area contributed by atoms with Crippen LogP contribution in [-0.2, 0) is 19.6 Å². The van der Waals surface area contributed by atoms with Crippen LogP contribution in [0, 0.1) is 16.7 Å². The topological polar surface area (TPSA) is 166 Å². The average molecular weight is 462 g/mol. The molecule has 2 saturated carbocycles. The van der Waals surface area contributed by atoms with Crippen molar-refractivity contribution in [2.24, 2.45) is 16.7 Å². The van der Waals surface area contributed by atoms with Crippen molar-refractivity contribution in [2.45, 2.75) is 43.9 Å². The van der Waals surface area contributed by atoms with Crippen LogP contribution < -0.4 is 16.0 Å². The maximum atomic E-state index is 11.8. The van der Waals surface area contributed by atoms with E-state index in [0.717, 1.165) is 6.42 Å². The normalized spacial score (nSPS) is 32.1. The summed E-state index contributed by atoms with van der Waals surface area (Å²) in [4.78, 5) is 25.9. The summed E-state index contributed by atoms with van der Waals surface area (Å²) < 4.78 is 39.5. The molecule has 12 heteroatoms. The number of nitrogens with one attached hydrogen (secondary N) is 1. The lowest BCUT2D eigenvalue weighted by Crippen LogP contribution is -2.53. The number of nitrogens with zero attached hydrogens (tertiary/aromatic N) is 1. The Kier molecular flexibility index (Phi) is 6.36. The van der Waals surface area contributed by atoms with Crippen LogP contribution >= 0.6 is 11.8 Å². The molecule has 3 fully saturated rings. The molecule has 0 radical (unpaired) electrons. The summed E-state index contributed by atoms with van der Waals surface area (Å²) in [7, 11) is -4.33. The molecule has 0 amide bonds. The highest BCUT2D eigenvalue weighted by Crippen LogP contribution is 2.64. The predicted octanol–water partition coefficient (Wildman–Crippen LogP) is -0.248. The molecule has 30 heavy (non-hydrogen) atoms. The Balaban J connectivity index is 0.000000171. The molecule has 3 aliphatic rings. The smallest absolute Gasteiger partial charge is 0.498 e. The fourth-order valence-corrected chi connectivity index (χ4v) is 7.11. The van der Waals surface area contributed by atoms with Crippen molar-refractivity contribution in [3.63, 3.8) is 0 Å². The molecule has 4 atom stereocenters. The van der Waals surface area contributed by atoms with Gasteiger partial charge in [0.1, 0.15) is 17.4 Å². The zero-order chi connectivity index (χ0) is 22.3. The van der Waals surface area contributed by atoms with E-state index >= 15 is 0 Å². The molecular weight excluding hydrogens is 434 g/mol. The molecule has 1 unspecified atom stereocenters. The molecule has 4 rings (SSSR count). The van der Waals surface area contributed by atoms with Gasteiger partial charge in [-0.05, 0) is 24.2 Å². The van der Waals surface area contributed by atoms with E-state index in [2.05, 4.69) is 4.98 Å². The summed E-state index contributed by atoms with van der Waals surface area (Å²) >= 11 is 1.41. The minimum Gasteiger partial charge on any atom is -0.748 e. The van der Waals surface area contributed by atoms with Gasteiger partial charge in [-0.2, -0.15) is 14.3 Å². The van der Waals surface area contributed by atoms with Gasteiger partial charge in [0.05, 0.1) is 29.1 Å². The SMILES string of the molecule is CC1(C)C2CC[C@]1(CS(=O)(=O)[O-])C(=O)C2.Nc1cc[n+]([C@@H]2CO[C@H](CO)S2)c(=O)[nH]1. The van der Waals surface area contributed by atoms with Crippen molar-refractivity contribution in [3.8, 4) is 0 Å². The number of anilines is 1. The van der Waals surface area contributed by atoms with Crippen LogP contribution in [0.4, 0.5) is 5.82 Å². The molecule has 1 aromatic rings. The van der Waals surface area contributed by atoms with E-state index in [1.54, 1.807) is 12.3 Å². The lowest BCUT2D eigenvalue weighted by Gasteiger charge is -2.37. The highest BCUT2D eigenvalue weighted by Gasteiger charge is 2.64. The standard InChI is InChI=1S/C10H16O4S.C8H11N3O3S/c1-9(2)7-3-4-10(9,8(11)5-7)6-15(12,13)14;9-5-1-2-11(8(13)10-5)6-4-14-7(3-12)15-6/h7H,3-6H2,1-2H3,(H,12,13,14);1-2,6-7,12H,3-4H2,(H2,9,10,13)/t7?,10-;6-,7-/m00/s1. The minimum absolute atomic E-state index is 0.0248. The summed E-state index contributed by atoms with van der Waals surface area (Å²) in [6.07, 6.45) is 3.50. The molecule has 2 heterocycles. The number of fused-ring (bicyclic) bond motifs is 2. The molecule has 4 N–H and O–H groups in total. The van der Waals surface area contributed by atoms with Gasteiger partial charge in [-0.1, -0.05) is 25.6 Å². The van der Waals surface area contributed by atoms with E-state index in [1.807, 2.05) is 13.8 Å². The molecule has 2 bridgehead atoms. The van der Waals surface area contributed by atoms with Gasteiger partial charge in [0, 0.05) is 17.9 Å². The molecule has 168 valence electrons. The van der Waals surface area contributed by atoms with Gasteiger partial charge in [-0.25, -0.2) is 8.42 Å². The number of H-pyrrole nitrogens is 1. The van der Waals surface area contributed by atoms with E-state index < -0.39 is 21.3 Å². The second-order valence-electron chi connectivity index (χ2n) is 8.51. The molecule has 1 saturated heterocycles. The number of thioether (sulfide) groups is 1. The lowest BCUT2D eigenvalue weighted by molar-refractivity contribution is -0.716. The van der Waals surface area contributed by atoms with Crippen molar-refractivity contribution >= 4 is 33.5 Å². The number of carbonyl (C=O) groups excluding carboxylic acids is 1. The second kappa shape index (κ2) is 8.23. The first-order chi connectivity index (χ1) is 13.9.